The highest BCUT2D eigenvalue weighted by Gasteiger charge is 2.12. The molecular formula is C14H16N4O. The van der Waals surface area contributed by atoms with Gasteiger partial charge in [0, 0.05) is 31.6 Å². The molecule has 0 bridgehead atoms. The maximum atomic E-state index is 5.84. The normalized spacial score (nSPS) is 11.1. The van der Waals surface area contributed by atoms with Crippen LogP contribution in [0.1, 0.15) is 0 Å². The molecular weight excluding hydrogens is 240 g/mol. The molecule has 0 amide bonds. The molecule has 0 fully saturated rings. The third-order valence-electron chi connectivity index (χ3n) is 3.43. The van der Waals surface area contributed by atoms with Gasteiger partial charge in [-0.1, -0.05) is 0 Å². The molecule has 0 aliphatic heterocycles. The number of fused-ring (bicyclic) bond motifs is 1. The van der Waals surface area contributed by atoms with Crippen LogP contribution in [0.4, 0.5) is 5.82 Å². The summed E-state index contributed by atoms with van der Waals surface area (Å²) < 4.78 is 9.03. The van der Waals surface area contributed by atoms with Crippen LogP contribution < -0.4 is 10.5 Å². The Hall–Kier alpha value is -2.43. The SMILES string of the molecule is COc1ccc2cc(-c3cc(N)n(C)n3)n(C)c2c1. The monoisotopic (exact) mass is 256 g/mol. The highest BCUT2D eigenvalue weighted by molar-refractivity contribution is 5.87. The van der Waals surface area contributed by atoms with E-state index in [9.17, 15) is 0 Å². The Morgan fingerprint density at radius 1 is 1.16 bits per heavy atom. The minimum Gasteiger partial charge on any atom is -0.497 e. The highest BCUT2D eigenvalue weighted by atomic mass is 16.5. The number of benzene rings is 1. The zero-order valence-electron chi connectivity index (χ0n) is 11.2. The molecule has 0 saturated carbocycles. The molecule has 98 valence electrons. The standard InChI is InChI=1S/C14H16N4O/c1-17-12-7-10(19-3)5-4-9(12)6-13(17)11-8-14(15)18(2)16-11/h4-8H,15H2,1-3H3. The summed E-state index contributed by atoms with van der Waals surface area (Å²) in [5, 5.41) is 5.57. The van der Waals surface area contributed by atoms with Crippen molar-refractivity contribution in [1.82, 2.24) is 14.3 Å². The first-order chi connectivity index (χ1) is 9.10. The summed E-state index contributed by atoms with van der Waals surface area (Å²) in [7, 11) is 5.52. The molecule has 2 heterocycles. The second-order valence-electron chi connectivity index (χ2n) is 4.59. The summed E-state index contributed by atoms with van der Waals surface area (Å²) in [4.78, 5) is 0. The van der Waals surface area contributed by atoms with E-state index in [0.29, 0.717) is 5.82 Å². The van der Waals surface area contributed by atoms with Crippen molar-refractivity contribution in [3.05, 3.63) is 30.3 Å². The van der Waals surface area contributed by atoms with E-state index in [1.165, 1.54) is 0 Å². The summed E-state index contributed by atoms with van der Waals surface area (Å²) in [5.74, 6) is 1.50. The van der Waals surface area contributed by atoms with Crippen LogP contribution in [0.15, 0.2) is 30.3 Å². The van der Waals surface area contributed by atoms with Crippen LogP contribution in [0, 0.1) is 0 Å². The van der Waals surface area contributed by atoms with Gasteiger partial charge in [0.2, 0.25) is 0 Å². The lowest BCUT2D eigenvalue weighted by Gasteiger charge is -2.03. The molecule has 2 aromatic heterocycles. The smallest absolute Gasteiger partial charge is 0.122 e. The van der Waals surface area contributed by atoms with Gasteiger partial charge in [0.1, 0.15) is 17.3 Å². The maximum Gasteiger partial charge on any atom is 0.122 e. The van der Waals surface area contributed by atoms with Crippen LogP contribution in [-0.4, -0.2) is 21.5 Å². The topological polar surface area (TPSA) is 58.0 Å². The number of hydrogen-bond acceptors (Lipinski definition) is 3. The van der Waals surface area contributed by atoms with Crippen molar-refractivity contribution >= 4 is 16.7 Å². The Balaban J connectivity index is 2.22. The van der Waals surface area contributed by atoms with Gasteiger partial charge in [0.25, 0.3) is 0 Å². The van der Waals surface area contributed by atoms with Gasteiger partial charge >= 0.3 is 0 Å². The van der Waals surface area contributed by atoms with Gasteiger partial charge in [-0.3, -0.25) is 4.68 Å². The minimum atomic E-state index is 0.651. The molecule has 0 saturated heterocycles. The van der Waals surface area contributed by atoms with Crippen molar-refractivity contribution in [1.29, 1.82) is 0 Å². The number of aryl methyl sites for hydroxylation is 2. The molecule has 5 heteroatoms. The second kappa shape index (κ2) is 4.05. The Kier molecular flexibility index (Phi) is 2.48. The zero-order chi connectivity index (χ0) is 13.6. The third kappa shape index (κ3) is 1.74. The van der Waals surface area contributed by atoms with E-state index >= 15 is 0 Å². The first kappa shape index (κ1) is 11.6. The van der Waals surface area contributed by atoms with Gasteiger partial charge in [-0.25, -0.2) is 0 Å². The van der Waals surface area contributed by atoms with Gasteiger partial charge in [-0.2, -0.15) is 5.10 Å². The number of ether oxygens (including phenoxy) is 1. The lowest BCUT2D eigenvalue weighted by atomic mass is 10.2. The Labute approximate surface area is 111 Å². The maximum absolute atomic E-state index is 5.84. The molecule has 5 nitrogen and oxygen atoms in total. The lowest BCUT2D eigenvalue weighted by Crippen LogP contribution is -1.97. The molecule has 0 aliphatic rings. The molecule has 0 unspecified atom stereocenters. The number of anilines is 1. The van der Waals surface area contributed by atoms with Gasteiger partial charge < -0.3 is 15.0 Å². The number of nitrogens with two attached hydrogens (primary N) is 1. The number of aromatic nitrogens is 3. The molecule has 0 radical (unpaired) electrons. The zero-order valence-corrected chi connectivity index (χ0v) is 11.2. The number of hydrogen-bond donors (Lipinski definition) is 1. The molecule has 1 aromatic carbocycles. The van der Waals surface area contributed by atoms with Crippen LogP contribution in [0.25, 0.3) is 22.3 Å². The third-order valence-corrected chi connectivity index (χ3v) is 3.43. The van der Waals surface area contributed by atoms with Crippen LogP contribution in [-0.2, 0) is 14.1 Å². The van der Waals surface area contributed by atoms with E-state index in [0.717, 1.165) is 28.0 Å². The van der Waals surface area contributed by atoms with E-state index < -0.39 is 0 Å². The van der Waals surface area contributed by atoms with Crippen molar-refractivity contribution in [2.45, 2.75) is 0 Å². The average Bonchev–Trinajstić information content (AvgIpc) is 2.91. The fraction of sp³-hybridized carbons (Fsp3) is 0.214. The first-order valence-electron chi connectivity index (χ1n) is 6.03. The van der Waals surface area contributed by atoms with E-state index in [1.807, 2.05) is 38.4 Å². The summed E-state index contributed by atoms with van der Waals surface area (Å²) in [6.07, 6.45) is 0. The van der Waals surface area contributed by atoms with Crippen LogP contribution in [0.5, 0.6) is 5.75 Å². The summed E-state index contributed by atoms with van der Waals surface area (Å²) >= 11 is 0. The fourth-order valence-electron chi connectivity index (χ4n) is 2.29. The molecule has 0 aliphatic carbocycles. The van der Waals surface area contributed by atoms with E-state index in [4.69, 9.17) is 10.5 Å². The van der Waals surface area contributed by atoms with Gasteiger partial charge in [-0.05, 0) is 18.2 Å². The van der Waals surface area contributed by atoms with Crippen molar-refractivity contribution in [3.63, 3.8) is 0 Å². The Morgan fingerprint density at radius 2 is 1.95 bits per heavy atom. The molecule has 2 N–H and O–H groups in total. The first-order valence-corrected chi connectivity index (χ1v) is 6.03. The highest BCUT2D eigenvalue weighted by Crippen LogP contribution is 2.29. The molecule has 3 aromatic rings. The fourth-order valence-corrected chi connectivity index (χ4v) is 2.29. The van der Waals surface area contributed by atoms with E-state index in [1.54, 1.807) is 11.8 Å². The molecule has 0 spiro atoms. The van der Waals surface area contributed by atoms with Crippen molar-refractivity contribution in [2.24, 2.45) is 14.1 Å². The lowest BCUT2D eigenvalue weighted by molar-refractivity contribution is 0.415. The van der Waals surface area contributed by atoms with E-state index in [-0.39, 0.29) is 0 Å². The predicted octanol–water partition coefficient (Wildman–Crippen LogP) is 2.17. The summed E-state index contributed by atoms with van der Waals surface area (Å²) in [6.45, 7) is 0. The largest absolute Gasteiger partial charge is 0.497 e. The molecule has 0 atom stereocenters. The summed E-state index contributed by atoms with van der Waals surface area (Å²) in [6, 6.07) is 10.0. The van der Waals surface area contributed by atoms with Crippen LogP contribution >= 0.6 is 0 Å². The Morgan fingerprint density at radius 3 is 2.58 bits per heavy atom. The van der Waals surface area contributed by atoms with Gasteiger partial charge in [-0.15, -0.1) is 0 Å². The van der Waals surface area contributed by atoms with Crippen LogP contribution in [0.2, 0.25) is 0 Å². The quantitative estimate of drug-likeness (QED) is 0.764. The minimum absolute atomic E-state index is 0.651. The number of nitrogen functional groups attached to an aromatic ring is 1. The Bertz CT molecular complexity index is 735. The number of methoxy groups -OCH3 is 1. The van der Waals surface area contributed by atoms with Crippen LogP contribution in [0.3, 0.4) is 0 Å². The van der Waals surface area contributed by atoms with Gasteiger partial charge in [0.05, 0.1) is 18.3 Å². The molecule has 19 heavy (non-hydrogen) atoms. The van der Waals surface area contributed by atoms with Gasteiger partial charge in [0.15, 0.2) is 0 Å². The van der Waals surface area contributed by atoms with Crippen molar-refractivity contribution in [3.8, 4) is 17.1 Å². The average molecular weight is 256 g/mol. The second-order valence-corrected chi connectivity index (χ2v) is 4.59. The van der Waals surface area contributed by atoms with Crippen molar-refractivity contribution in [2.75, 3.05) is 12.8 Å². The molecule has 3 rings (SSSR count). The number of rotatable bonds is 2. The van der Waals surface area contributed by atoms with E-state index in [2.05, 4.69) is 15.7 Å². The summed E-state index contributed by atoms with van der Waals surface area (Å²) in [5.41, 5.74) is 8.86. The van der Waals surface area contributed by atoms with Crippen molar-refractivity contribution < 1.29 is 4.74 Å². The number of nitrogens with zero attached hydrogens (tertiary/aromatic N) is 3. The predicted molar refractivity (Wildman–Crippen MR) is 76.1 cm³/mol.